The number of nitrogens with zero attached hydrogens (tertiary/aromatic N) is 3. The van der Waals surface area contributed by atoms with Crippen molar-refractivity contribution in [2.45, 2.75) is 13.5 Å². The summed E-state index contributed by atoms with van der Waals surface area (Å²) in [4.78, 5) is 14.2. The maximum Gasteiger partial charge on any atom is 0.162 e. The summed E-state index contributed by atoms with van der Waals surface area (Å²) in [7, 11) is 0. The zero-order chi connectivity index (χ0) is 23.3. The van der Waals surface area contributed by atoms with Crippen molar-refractivity contribution in [3.05, 3.63) is 120 Å². The van der Waals surface area contributed by atoms with E-state index in [1.165, 1.54) is 5.56 Å². The van der Waals surface area contributed by atoms with Crippen molar-refractivity contribution in [1.29, 1.82) is 0 Å². The molecule has 166 valence electrons. The van der Waals surface area contributed by atoms with E-state index >= 15 is 0 Å². The molecule has 0 radical (unpaired) electrons. The Morgan fingerprint density at radius 1 is 0.706 bits per heavy atom. The molecule has 0 fully saturated rings. The highest BCUT2D eigenvalue weighted by Crippen LogP contribution is 2.28. The van der Waals surface area contributed by atoms with Crippen LogP contribution >= 0.6 is 11.6 Å². The van der Waals surface area contributed by atoms with Gasteiger partial charge >= 0.3 is 0 Å². The van der Waals surface area contributed by atoms with E-state index in [0.717, 1.165) is 44.4 Å². The number of hydrogen-bond donors (Lipinski definition) is 1. The number of hydrogen-bond acceptors (Lipinski definition) is 4. The fourth-order valence-corrected chi connectivity index (χ4v) is 3.81. The highest BCUT2D eigenvalue weighted by molar-refractivity contribution is 6.30. The van der Waals surface area contributed by atoms with Gasteiger partial charge in [0.2, 0.25) is 0 Å². The van der Waals surface area contributed by atoms with E-state index in [9.17, 15) is 0 Å². The van der Waals surface area contributed by atoms with Crippen LogP contribution in [0.15, 0.2) is 103 Å². The van der Waals surface area contributed by atoms with Crippen molar-refractivity contribution in [3.63, 3.8) is 0 Å². The Bertz CT molecular complexity index is 1400. The number of rotatable bonds is 6. The van der Waals surface area contributed by atoms with Gasteiger partial charge in [-0.3, -0.25) is 4.98 Å². The van der Waals surface area contributed by atoms with Gasteiger partial charge in [-0.1, -0.05) is 83.9 Å². The Hall–Kier alpha value is -4.02. The molecule has 0 atom stereocenters. The average Bonchev–Trinajstić information content (AvgIpc) is 2.89. The molecule has 3 aromatic carbocycles. The minimum absolute atomic E-state index is 0.628. The van der Waals surface area contributed by atoms with Crippen molar-refractivity contribution >= 4 is 17.4 Å². The van der Waals surface area contributed by atoms with Gasteiger partial charge in [-0.15, -0.1) is 0 Å². The largest absolute Gasteiger partial charge is 0.366 e. The van der Waals surface area contributed by atoms with Gasteiger partial charge in [0.15, 0.2) is 5.82 Å². The van der Waals surface area contributed by atoms with Crippen molar-refractivity contribution in [1.82, 2.24) is 15.0 Å². The number of benzene rings is 3. The minimum atomic E-state index is 0.628. The highest BCUT2D eigenvalue weighted by Gasteiger charge is 2.11. The molecule has 2 heterocycles. The fourth-order valence-electron chi connectivity index (χ4n) is 3.68. The molecule has 0 saturated heterocycles. The number of halogens is 1. The molecule has 5 aromatic rings. The third-order valence-corrected chi connectivity index (χ3v) is 5.82. The number of aryl methyl sites for hydroxylation is 1. The van der Waals surface area contributed by atoms with Gasteiger partial charge in [0.1, 0.15) is 5.82 Å². The molecule has 5 rings (SSSR count). The van der Waals surface area contributed by atoms with Crippen LogP contribution in [0.3, 0.4) is 0 Å². The predicted molar refractivity (Wildman–Crippen MR) is 140 cm³/mol. The van der Waals surface area contributed by atoms with Crippen LogP contribution in [0.1, 0.15) is 11.1 Å². The second-order valence-electron chi connectivity index (χ2n) is 8.14. The minimum Gasteiger partial charge on any atom is -0.366 e. The Morgan fingerprint density at radius 2 is 1.44 bits per heavy atom. The predicted octanol–water partition coefficient (Wildman–Crippen LogP) is 7.45. The van der Waals surface area contributed by atoms with E-state index < -0.39 is 0 Å². The molecule has 1 N–H and O–H groups in total. The van der Waals surface area contributed by atoms with Crippen LogP contribution in [0.2, 0.25) is 5.02 Å². The van der Waals surface area contributed by atoms with Crippen LogP contribution in [0.4, 0.5) is 5.82 Å². The lowest BCUT2D eigenvalue weighted by atomic mass is 10.0. The van der Waals surface area contributed by atoms with E-state index in [2.05, 4.69) is 47.6 Å². The molecule has 0 unspecified atom stereocenters. The second-order valence-corrected chi connectivity index (χ2v) is 8.57. The van der Waals surface area contributed by atoms with E-state index in [0.29, 0.717) is 12.4 Å². The zero-order valence-corrected chi connectivity index (χ0v) is 19.5. The molecule has 5 heteroatoms. The lowest BCUT2D eigenvalue weighted by molar-refractivity contribution is 1.09. The van der Waals surface area contributed by atoms with Crippen LogP contribution < -0.4 is 5.32 Å². The smallest absolute Gasteiger partial charge is 0.162 e. The third-order valence-electron chi connectivity index (χ3n) is 5.56. The summed E-state index contributed by atoms with van der Waals surface area (Å²) in [5, 5.41) is 4.16. The van der Waals surface area contributed by atoms with Gasteiger partial charge in [0.25, 0.3) is 0 Å². The molecule has 0 aliphatic rings. The van der Waals surface area contributed by atoms with Gasteiger partial charge in [-0.25, -0.2) is 9.97 Å². The van der Waals surface area contributed by atoms with Crippen LogP contribution in [0, 0.1) is 6.92 Å². The maximum atomic E-state index is 6.02. The molecule has 0 spiro atoms. The molecular formula is C29H23ClN4. The molecular weight excluding hydrogens is 440 g/mol. The first-order chi connectivity index (χ1) is 16.6. The van der Waals surface area contributed by atoms with Gasteiger partial charge < -0.3 is 5.32 Å². The summed E-state index contributed by atoms with van der Waals surface area (Å²) in [5.74, 6) is 1.41. The highest BCUT2D eigenvalue weighted by atomic mass is 35.5. The maximum absolute atomic E-state index is 6.02. The summed E-state index contributed by atoms with van der Waals surface area (Å²) >= 11 is 6.02. The molecule has 0 aliphatic heterocycles. The molecule has 0 aliphatic carbocycles. The first-order valence-corrected chi connectivity index (χ1v) is 11.5. The number of anilines is 1. The van der Waals surface area contributed by atoms with Gasteiger partial charge in [-0.2, -0.15) is 0 Å². The lowest BCUT2D eigenvalue weighted by Crippen LogP contribution is -2.04. The first kappa shape index (κ1) is 21.8. The summed E-state index contributed by atoms with van der Waals surface area (Å²) in [6.07, 6.45) is 3.73. The van der Waals surface area contributed by atoms with Crippen LogP contribution in [0.5, 0.6) is 0 Å². The van der Waals surface area contributed by atoms with Gasteiger partial charge in [-0.05, 0) is 36.2 Å². The molecule has 0 saturated carbocycles. The number of pyridine rings is 1. The lowest BCUT2D eigenvalue weighted by Gasteiger charge is -2.11. The Labute approximate surface area is 204 Å². The van der Waals surface area contributed by atoms with Crippen molar-refractivity contribution in [2.24, 2.45) is 0 Å². The van der Waals surface area contributed by atoms with E-state index in [1.807, 2.05) is 73.1 Å². The van der Waals surface area contributed by atoms with Gasteiger partial charge in [0.05, 0.1) is 5.69 Å². The first-order valence-electron chi connectivity index (χ1n) is 11.1. The molecule has 4 nitrogen and oxygen atoms in total. The SMILES string of the molecule is Cc1ccc(-c2cncc(-c3cc(NCc4ccc(Cl)cc4)nc(-c4ccccc4)n3)c2)cc1. The van der Waals surface area contributed by atoms with Crippen LogP contribution in [-0.4, -0.2) is 15.0 Å². The fraction of sp³-hybridized carbons (Fsp3) is 0.0690. The van der Waals surface area contributed by atoms with Crippen molar-refractivity contribution in [3.8, 4) is 33.8 Å². The number of nitrogens with one attached hydrogen (secondary N) is 1. The summed E-state index contributed by atoms with van der Waals surface area (Å²) < 4.78 is 0. The Balaban J connectivity index is 1.52. The van der Waals surface area contributed by atoms with Crippen molar-refractivity contribution in [2.75, 3.05) is 5.32 Å². The Morgan fingerprint density at radius 3 is 2.21 bits per heavy atom. The Kier molecular flexibility index (Phi) is 6.32. The van der Waals surface area contributed by atoms with E-state index in [4.69, 9.17) is 21.6 Å². The third kappa shape index (κ3) is 5.13. The normalized spacial score (nSPS) is 10.8. The van der Waals surface area contributed by atoms with Gasteiger partial charge in [0, 0.05) is 46.7 Å². The van der Waals surface area contributed by atoms with Crippen LogP contribution in [-0.2, 0) is 6.54 Å². The summed E-state index contributed by atoms with van der Waals surface area (Å²) in [6, 6.07) is 30.3. The average molecular weight is 463 g/mol. The molecule has 34 heavy (non-hydrogen) atoms. The standard InChI is InChI=1S/C29H23ClN4/c1-20-7-11-22(12-8-20)24-15-25(19-31-18-24)27-16-28(32-17-21-9-13-26(30)14-10-21)34-29(33-27)23-5-3-2-4-6-23/h2-16,18-19H,17H2,1H3,(H,32,33,34). The molecule has 0 amide bonds. The molecule has 0 bridgehead atoms. The molecule has 2 aromatic heterocycles. The topological polar surface area (TPSA) is 50.7 Å². The summed E-state index contributed by atoms with van der Waals surface area (Å²) in [5.41, 5.74) is 7.23. The van der Waals surface area contributed by atoms with Crippen LogP contribution in [0.25, 0.3) is 33.8 Å². The summed E-state index contributed by atoms with van der Waals surface area (Å²) in [6.45, 7) is 2.71. The monoisotopic (exact) mass is 462 g/mol. The number of aromatic nitrogens is 3. The van der Waals surface area contributed by atoms with Crippen molar-refractivity contribution < 1.29 is 0 Å². The second kappa shape index (κ2) is 9.86. The quantitative estimate of drug-likeness (QED) is 0.284. The zero-order valence-electron chi connectivity index (χ0n) is 18.7. The van der Waals surface area contributed by atoms with E-state index in [-0.39, 0.29) is 0 Å². The van der Waals surface area contributed by atoms with E-state index in [1.54, 1.807) is 0 Å².